The molecule has 5 rings (SSSR count). The van der Waals surface area contributed by atoms with Gasteiger partial charge in [0.25, 0.3) is 5.56 Å². The van der Waals surface area contributed by atoms with Crippen LogP contribution in [-0.4, -0.2) is 124 Å². The fraction of sp³-hybridized carbons (Fsp3) is 0.333. The second kappa shape index (κ2) is 23.3. The van der Waals surface area contributed by atoms with Gasteiger partial charge in [-0.05, 0) is 65.9 Å². The molecule has 0 aliphatic carbocycles. The smallest absolute Gasteiger partial charge is 0.416 e. The number of pyridine rings is 1. The first kappa shape index (κ1) is 51.0. The number of aliphatic hydroxyl groups excluding tert-OH is 2. The van der Waals surface area contributed by atoms with Crippen LogP contribution >= 0.6 is 35.0 Å². The lowest BCUT2D eigenvalue weighted by Crippen LogP contribution is -2.40. The minimum absolute atomic E-state index is 0.0929. The van der Waals surface area contributed by atoms with Crippen molar-refractivity contribution in [2.75, 3.05) is 39.5 Å². The van der Waals surface area contributed by atoms with Gasteiger partial charge in [-0.2, -0.15) is 18.2 Å². The molecule has 0 aliphatic rings. The van der Waals surface area contributed by atoms with Gasteiger partial charge in [0.1, 0.15) is 22.7 Å². The molecule has 0 radical (unpaired) electrons. The number of aliphatic hydroxyl groups is 2. The number of nitrogens with zero attached hydrogens (tertiary/aromatic N) is 7. The molecule has 2 atom stereocenters. The third-order valence-electron chi connectivity index (χ3n) is 9.59. The number of alkyl halides is 3. The van der Waals surface area contributed by atoms with E-state index >= 15 is 0 Å². The molecule has 0 saturated heterocycles. The van der Waals surface area contributed by atoms with Gasteiger partial charge in [0.15, 0.2) is 12.2 Å². The Morgan fingerprint density at radius 2 is 1.36 bits per heavy atom. The molecule has 2 unspecified atom stereocenters. The molecular weight excluding hydrogens is 906 g/mol. The van der Waals surface area contributed by atoms with Crippen molar-refractivity contribution in [3.8, 4) is 28.5 Å². The summed E-state index contributed by atoms with van der Waals surface area (Å²) in [6.07, 6.45) is -3.85. The van der Waals surface area contributed by atoms with Crippen LogP contribution < -0.4 is 10.3 Å². The fourth-order valence-corrected chi connectivity index (χ4v) is 7.38. The van der Waals surface area contributed by atoms with Gasteiger partial charge in [-0.1, -0.05) is 73.4 Å². The summed E-state index contributed by atoms with van der Waals surface area (Å²) in [5.74, 6) is -3.58. The molecule has 16 nitrogen and oxygen atoms in total. The van der Waals surface area contributed by atoms with Crippen LogP contribution in [0.1, 0.15) is 36.1 Å². The van der Waals surface area contributed by atoms with Crippen molar-refractivity contribution in [3.63, 3.8) is 0 Å². The number of amides is 1. The number of carbonyl (C=O) groups is 3. The van der Waals surface area contributed by atoms with E-state index in [1.807, 2.05) is 30.5 Å². The molecule has 22 heteroatoms. The van der Waals surface area contributed by atoms with Crippen LogP contribution in [0.2, 0.25) is 10.3 Å². The number of carbonyl (C=O) groups excluding carboxylic acids is 1. The first-order valence-electron chi connectivity index (χ1n) is 19.2. The maximum absolute atomic E-state index is 14.5. The number of halogens is 5. The molecule has 342 valence electrons. The van der Waals surface area contributed by atoms with E-state index in [9.17, 15) is 32.3 Å². The van der Waals surface area contributed by atoms with Crippen molar-refractivity contribution in [1.82, 2.24) is 34.3 Å². The third-order valence-corrected chi connectivity index (χ3v) is 10.8. The fourth-order valence-electron chi connectivity index (χ4n) is 6.14. The van der Waals surface area contributed by atoms with Crippen LogP contribution in [0.15, 0.2) is 82.9 Å². The maximum Gasteiger partial charge on any atom is 0.416 e. The molecule has 0 aliphatic heterocycles. The summed E-state index contributed by atoms with van der Waals surface area (Å²) in [5, 5.41) is 33.2. The normalized spacial score (nSPS) is 12.2. The molecular formula is C42H44Cl2F3N7O9S. The van der Waals surface area contributed by atoms with E-state index in [0.29, 0.717) is 40.4 Å². The molecule has 3 heterocycles. The van der Waals surface area contributed by atoms with Crippen LogP contribution in [0.4, 0.5) is 13.2 Å². The number of hydrogen-bond acceptors (Lipinski definition) is 13. The average Bonchev–Trinajstić information content (AvgIpc) is 3.26. The SMILES string of the molecule is CCN(CC)CCN(Cc1ccc(-c2ccc(C(F)(F)F)cc2)cc1)C(=O)Cn1c(-c2cc(Cl)nc(Cl)c2)nc(=O)c(Cc2cnc(OC)nc2)c1SC.O=C(O)C(O)C(O)C(=O)O. The number of aromatic nitrogens is 5. The Kier molecular flexibility index (Phi) is 18.6. The summed E-state index contributed by atoms with van der Waals surface area (Å²) >= 11 is 13.9. The molecule has 0 bridgehead atoms. The van der Waals surface area contributed by atoms with E-state index in [1.54, 1.807) is 21.9 Å². The van der Waals surface area contributed by atoms with E-state index < -0.39 is 41.4 Å². The summed E-state index contributed by atoms with van der Waals surface area (Å²) in [4.78, 5) is 68.5. The van der Waals surface area contributed by atoms with Gasteiger partial charge in [0.05, 0.1) is 23.3 Å². The van der Waals surface area contributed by atoms with E-state index in [4.69, 9.17) is 48.4 Å². The molecule has 4 N–H and O–H groups in total. The number of rotatable bonds is 18. The number of ether oxygens (including phenoxy) is 1. The maximum atomic E-state index is 14.5. The summed E-state index contributed by atoms with van der Waals surface area (Å²) in [5.41, 5.74) is 2.41. The highest BCUT2D eigenvalue weighted by molar-refractivity contribution is 7.98. The predicted octanol–water partition coefficient (Wildman–Crippen LogP) is 5.66. The number of methoxy groups -OCH3 is 1. The van der Waals surface area contributed by atoms with Crippen LogP contribution in [0.5, 0.6) is 6.01 Å². The van der Waals surface area contributed by atoms with Gasteiger partial charge in [0.2, 0.25) is 5.91 Å². The Morgan fingerprint density at radius 1 is 0.828 bits per heavy atom. The Labute approximate surface area is 379 Å². The number of benzene rings is 2. The number of hydrogen-bond donors (Lipinski definition) is 4. The standard InChI is InChI=1S/C38H38Cl2F3N7O3S.C4H6O6/c1-5-48(6-2)15-16-49(22-24-7-9-26(10-8-24)27-11-13-29(14-12-27)38(41,42)43)33(51)23-50-34(28-18-31(39)46-32(40)19-28)47-35(52)30(36(50)54-4)17-25-20-44-37(53-3)45-21-25;5-1(3(7)8)2(6)4(9)10/h7-14,18-21H,5-6,15-17,22-23H2,1-4H3;1-2,5-6H,(H,7,8)(H,9,10). The highest BCUT2D eigenvalue weighted by Crippen LogP contribution is 2.32. The lowest BCUT2D eigenvalue weighted by Gasteiger charge is -2.28. The third kappa shape index (κ3) is 13.9. The minimum atomic E-state index is -4.42. The Morgan fingerprint density at radius 3 is 1.83 bits per heavy atom. The largest absolute Gasteiger partial charge is 0.479 e. The molecule has 0 spiro atoms. The molecule has 3 aromatic heterocycles. The topological polar surface area (TPSA) is 221 Å². The monoisotopic (exact) mass is 949 g/mol. The van der Waals surface area contributed by atoms with Gasteiger partial charge in [-0.25, -0.2) is 24.5 Å². The number of likely N-dealkylation sites (N-methyl/N-ethyl adjacent to an activating group) is 1. The Bertz CT molecular complexity index is 2410. The molecule has 0 saturated carbocycles. The molecule has 64 heavy (non-hydrogen) atoms. The number of thioether (sulfide) groups is 1. The van der Waals surface area contributed by atoms with E-state index in [0.717, 1.165) is 36.3 Å². The van der Waals surface area contributed by atoms with E-state index in [2.05, 4.69) is 38.7 Å². The van der Waals surface area contributed by atoms with E-state index in [-0.39, 0.29) is 47.6 Å². The van der Waals surface area contributed by atoms with Gasteiger partial charge in [0, 0.05) is 44.0 Å². The summed E-state index contributed by atoms with van der Waals surface area (Å²) in [7, 11) is 1.46. The van der Waals surface area contributed by atoms with Crippen LogP contribution in [-0.2, 0) is 40.1 Å². The van der Waals surface area contributed by atoms with Crippen molar-refractivity contribution >= 4 is 52.8 Å². The van der Waals surface area contributed by atoms with Crippen molar-refractivity contribution in [2.24, 2.45) is 0 Å². The highest BCUT2D eigenvalue weighted by atomic mass is 35.5. The van der Waals surface area contributed by atoms with Gasteiger partial charge in [-0.15, -0.1) is 11.8 Å². The first-order valence-corrected chi connectivity index (χ1v) is 21.2. The zero-order chi connectivity index (χ0) is 47.3. The average molecular weight is 951 g/mol. The zero-order valence-corrected chi connectivity index (χ0v) is 37.1. The van der Waals surface area contributed by atoms with Crippen molar-refractivity contribution < 1.29 is 52.7 Å². The molecule has 2 aromatic carbocycles. The van der Waals surface area contributed by atoms with Crippen LogP contribution in [0.25, 0.3) is 22.5 Å². The number of aliphatic carboxylic acids is 2. The predicted molar refractivity (Wildman–Crippen MR) is 232 cm³/mol. The number of carboxylic acids is 2. The molecule has 5 aromatic rings. The molecule has 0 fully saturated rings. The van der Waals surface area contributed by atoms with Gasteiger partial charge in [-0.3, -0.25) is 9.59 Å². The lowest BCUT2D eigenvalue weighted by molar-refractivity contribution is -0.165. The van der Waals surface area contributed by atoms with Gasteiger partial charge >= 0.3 is 24.1 Å². The highest BCUT2D eigenvalue weighted by Gasteiger charge is 2.31. The van der Waals surface area contributed by atoms with Crippen molar-refractivity contribution in [1.29, 1.82) is 0 Å². The Balaban J connectivity index is 0.000000800. The lowest BCUT2D eigenvalue weighted by atomic mass is 10.0. The second-order valence-corrected chi connectivity index (χ2v) is 15.3. The minimum Gasteiger partial charge on any atom is -0.479 e. The quantitative estimate of drug-likeness (QED) is 0.0473. The summed E-state index contributed by atoms with van der Waals surface area (Å²) in [6, 6.07) is 15.6. The van der Waals surface area contributed by atoms with Crippen molar-refractivity contribution in [2.45, 2.75) is 56.8 Å². The summed E-state index contributed by atoms with van der Waals surface area (Å²) < 4.78 is 46.1. The van der Waals surface area contributed by atoms with Crippen LogP contribution in [0, 0.1) is 0 Å². The van der Waals surface area contributed by atoms with Gasteiger partial charge < -0.3 is 39.5 Å². The Hall–Kier alpha value is -5.64. The molecule has 1 amide bonds. The zero-order valence-electron chi connectivity index (χ0n) is 34.8. The van der Waals surface area contributed by atoms with Crippen molar-refractivity contribution in [3.05, 3.63) is 116 Å². The second-order valence-electron chi connectivity index (χ2n) is 13.8. The first-order chi connectivity index (χ1) is 30.3. The van der Waals surface area contributed by atoms with Crippen LogP contribution in [0.3, 0.4) is 0 Å². The number of carboxylic acid groups (broad SMARTS) is 2. The van der Waals surface area contributed by atoms with E-state index in [1.165, 1.54) is 43.1 Å². The summed E-state index contributed by atoms with van der Waals surface area (Å²) in [6.45, 7) is 6.81.